The molecule has 3 N–H and O–H groups in total. The largest absolute Gasteiger partial charge is 0.492 e. The molecular formula is C16H23F3N2O2. The van der Waals surface area contributed by atoms with Gasteiger partial charge in [-0.15, -0.1) is 0 Å². The molecule has 1 atom stereocenters. The number of benzene rings is 1. The number of anilines is 1. The second-order valence-corrected chi connectivity index (χ2v) is 5.81. The zero-order valence-electron chi connectivity index (χ0n) is 13.5. The Balaban J connectivity index is 2.91. The summed E-state index contributed by atoms with van der Waals surface area (Å²) in [6.07, 6.45) is -3.51. The molecule has 1 aromatic carbocycles. The molecule has 0 saturated heterocycles. The van der Waals surface area contributed by atoms with E-state index in [-0.39, 0.29) is 24.1 Å². The van der Waals surface area contributed by atoms with Gasteiger partial charge in [-0.05, 0) is 43.4 Å². The number of halogens is 3. The Morgan fingerprint density at radius 3 is 2.52 bits per heavy atom. The molecule has 0 spiro atoms. The Labute approximate surface area is 134 Å². The summed E-state index contributed by atoms with van der Waals surface area (Å²) in [4.78, 5) is 11.1. The Hall–Kier alpha value is -1.76. The van der Waals surface area contributed by atoms with E-state index in [2.05, 4.69) is 13.8 Å². The lowest BCUT2D eigenvalue weighted by molar-refractivity contribution is -0.167. The van der Waals surface area contributed by atoms with Crippen LogP contribution in [-0.2, 0) is 11.2 Å². The maximum Gasteiger partial charge on any atom is 0.471 e. The van der Waals surface area contributed by atoms with Crippen LogP contribution in [0.1, 0.15) is 32.8 Å². The number of hydrogen-bond donors (Lipinski definition) is 2. The molecule has 0 saturated carbocycles. The van der Waals surface area contributed by atoms with Crippen LogP contribution in [-0.4, -0.2) is 24.7 Å². The number of rotatable bonds is 7. The van der Waals surface area contributed by atoms with Crippen LogP contribution in [0.5, 0.6) is 5.75 Å². The van der Waals surface area contributed by atoms with Gasteiger partial charge in [0.15, 0.2) is 0 Å². The second kappa shape index (κ2) is 8.19. The lowest BCUT2D eigenvalue weighted by Crippen LogP contribution is -2.30. The van der Waals surface area contributed by atoms with E-state index >= 15 is 0 Å². The summed E-state index contributed by atoms with van der Waals surface area (Å²) in [5.74, 6) is -1.36. The molecule has 130 valence electrons. The zero-order chi connectivity index (χ0) is 17.6. The molecule has 0 aliphatic heterocycles. The van der Waals surface area contributed by atoms with Crippen molar-refractivity contribution in [2.24, 2.45) is 11.7 Å². The van der Waals surface area contributed by atoms with Crippen LogP contribution >= 0.6 is 0 Å². The number of carbonyl (C=O) groups excluding carboxylic acids is 1. The van der Waals surface area contributed by atoms with Crippen molar-refractivity contribution in [3.05, 3.63) is 23.8 Å². The van der Waals surface area contributed by atoms with Crippen molar-refractivity contribution in [3.63, 3.8) is 0 Å². The molecule has 0 bridgehead atoms. The van der Waals surface area contributed by atoms with Crippen LogP contribution in [0.2, 0.25) is 0 Å². The van der Waals surface area contributed by atoms with Crippen molar-refractivity contribution in [2.45, 2.75) is 45.8 Å². The summed E-state index contributed by atoms with van der Waals surface area (Å²) < 4.78 is 42.4. The van der Waals surface area contributed by atoms with E-state index in [4.69, 9.17) is 10.5 Å². The minimum atomic E-state index is -4.94. The van der Waals surface area contributed by atoms with Gasteiger partial charge < -0.3 is 15.8 Å². The van der Waals surface area contributed by atoms with Gasteiger partial charge in [0.2, 0.25) is 0 Å². The molecule has 0 fully saturated rings. The van der Waals surface area contributed by atoms with Gasteiger partial charge in [-0.1, -0.05) is 19.9 Å². The van der Waals surface area contributed by atoms with E-state index in [1.54, 1.807) is 19.1 Å². The molecular weight excluding hydrogens is 309 g/mol. The Kier molecular flexibility index (Phi) is 6.87. The fourth-order valence-electron chi connectivity index (χ4n) is 2.26. The fourth-order valence-corrected chi connectivity index (χ4v) is 2.26. The Bertz CT molecular complexity index is 531. The van der Waals surface area contributed by atoms with Crippen molar-refractivity contribution in [3.8, 4) is 5.75 Å². The quantitative estimate of drug-likeness (QED) is 0.803. The van der Waals surface area contributed by atoms with Gasteiger partial charge in [-0.2, -0.15) is 13.2 Å². The average Bonchev–Trinajstić information content (AvgIpc) is 2.39. The number of alkyl halides is 3. The molecule has 0 heterocycles. The highest BCUT2D eigenvalue weighted by atomic mass is 19.4. The third kappa shape index (κ3) is 6.48. The molecule has 7 heteroatoms. The summed E-state index contributed by atoms with van der Waals surface area (Å²) in [5, 5.41) is 1.83. The maximum atomic E-state index is 12.4. The lowest BCUT2D eigenvalue weighted by Gasteiger charge is -2.17. The molecule has 0 aromatic heterocycles. The van der Waals surface area contributed by atoms with Crippen molar-refractivity contribution in [2.75, 3.05) is 11.9 Å². The van der Waals surface area contributed by atoms with Gasteiger partial charge in [0.25, 0.3) is 0 Å². The van der Waals surface area contributed by atoms with E-state index in [1.165, 1.54) is 6.07 Å². The Morgan fingerprint density at radius 2 is 2.00 bits per heavy atom. The van der Waals surface area contributed by atoms with Crippen molar-refractivity contribution >= 4 is 11.6 Å². The van der Waals surface area contributed by atoms with E-state index < -0.39 is 12.1 Å². The number of carbonyl (C=O) groups is 1. The summed E-state index contributed by atoms with van der Waals surface area (Å²) >= 11 is 0. The summed E-state index contributed by atoms with van der Waals surface area (Å²) in [6, 6.07) is 4.64. The minimum absolute atomic E-state index is 0.00430. The number of amides is 1. The summed E-state index contributed by atoms with van der Waals surface area (Å²) in [7, 11) is 0. The number of nitrogens with one attached hydrogen (secondary N) is 1. The monoisotopic (exact) mass is 332 g/mol. The number of ether oxygens (including phenoxy) is 1. The van der Waals surface area contributed by atoms with Crippen molar-refractivity contribution < 1.29 is 22.7 Å². The van der Waals surface area contributed by atoms with Crippen molar-refractivity contribution in [1.82, 2.24) is 0 Å². The third-order valence-electron chi connectivity index (χ3n) is 3.12. The molecule has 1 amide bonds. The highest BCUT2D eigenvalue weighted by Gasteiger charge is 2.39. The van der Waals surface area contributed by atoms with Gasteiger partial charge in [0.1, 0.15) is 5.75 Å². The van der Waals surface area contributed by atoms with Crippen LogP contribution in [0, 0.1) is 5.92 Å². The first-order valence-corrected chi connectivity index (χ1v) is 7.53. The molecule has 1 aromatic rings. The van der Waals surface area contributed by atoms with Crippen LogP contribution in [0.25, 0.3) is 0 Å². The minimum Gasteiger partial charge on any atom is -0.492 e. The summed E-state index contributed by atoms with van der Waals surface area (Å²) in [6.45, 7) is 6.13. The molecule has 0 aliphatic rings. The van der Waals surface area contributed by atoms with Gasteiger partial charge in [-0.3, -0.25) is 4.79 Å². The highest BCUT2D eigenvalue weighted by molar-refractivity contribution is 5.96. The van der Waals surface area contributed by atoms with Gasteiger partial charge in [-0.25, -0.2) is 0 Å². The predicted molar refractivity (Wildman–Crippen MR) is 83.4 cm³/mol. The molecule has 1 rings (SSSR count). The molecule has 0 radical (unpaired) electrons. The molecule has 1 unspecified atom stereocenters. The maximum absolute atomic E-state index is 12.4. The highest BCUT2D eigenvalue weighted by Crippen LogP contribution is 2.29. The first-order chi connectivity index (χ1) is 10.6. The van der Waals surface area contributed by atoms with E-state index in [0.29, 0.717) is 12.3 Å². The summed E-state index contributed by atoms with van der Waals surface area (Å²) in [5.41, 5.74) is 6.90. The number of nitrogens with two attached hydrogens (primary N) is 1. The zero-order valence-corrected chi connectivity index (χ0v) is 13.5. The Morgan fingerprint density at radius 1 is 1.35 bits per heavy atom. The second-order valence-electron chi connectivity index (χ2n) is 5.81. The van der Waals surface area contributed by atoms with Crippen LogP contribution < -0.4 is 15.8 Å². The fraction of sp³-hybridized carbons (Fsp3) is 0.562. The number of hydrogen-bond acceptors (Lipinski definition) is 3. The standard InChI is InChI=1S/C16H23F3N2O2/c1-4-23-14-9-11(8-12(20)7-10(2)3)5-6-13(14)21-15(22)16(17,18)19/h5-6,9-10,12H,4,7-8,20H2,1-3H3,(H,21,22). The van der Waals surface area contributed by atoms with Gasteiger partial charge in [0, 0.05) is 6.04 Å². The third-order valence-corrected chi connectivity index (χ3v) is 3.12. The van der Waals surface area contributed by atoms with Gasteiger partial charge >= 0.3 is 12.1 Å². The van der Waals surface area contributed by atoms with Crippen LogP contribution in [0.4, 0.5) is 18.9 Å². The smallest absolute Gasteiger partial charge is 0.471 e. The first-order valence-electron chi connectivity index (χ1n) is 7.53. The van der Waals surface area contributed by atoms with E-state index in [0.717, 1.165) is 12.0 Å². The molecule has 0 aliphatic carbocycles. The predicted octanol–water partition coefficient (Wildman–Crippen LogP) is 3.50. The van der Waals surface area contributed by atoms with Crippen LogP contribution in [0.3, 0.4) is 0 Å². The average molecular weight is 332 g/mol. The lowest BCUT2D eigenvalue weighted by atomic mass is 9.98. The molecule has 23 heavy (non-hydrogen) atoms. The van der Waals surface area contributed by atoms with Crippen LogP contribution in [0.15, 0.2) is 18.2 Å². The topological polar surface area (TPSA) is 64.3 Å². The normalized spacial score (nSPS) is 13.0. The SMILES string of the molecule is CCOc1cc(CC(N)CC(C)C)ccc1NC(=O)C(F)(F)F. The first kappa shape index (κ1) is 19.3. The molecule has 4 nitrogen and oxygen atoms in total. The van der Waals surface area contributed by atoms with E-state index in [1.807, 2.05) is 5.32 Å². The van der Waals surface area contributed by atoms with Crippen molar-refractivity contribution in [1.29, 1.82) is 0 Å². The van der Waals surface area contributed by atoms with E-state index in [9.17, 15) is 18.0 Å². The van der Waals surface area contributed by atoms with Gasteiger partial charge in [0.05, 0.1) is 12.3 Å².